The summed E-state index contributed by atoms with van der Waals surface area (Å²) in [6.07, 6.45) is -4.88. The van der Waals surface area contributed by atoms with E-state index in [1.807, 2.05) is 19.1 Å². The number of thiocarbonyl (C=S) groups is 1. The minimum absolute atomic E-state index is 0.0992. The number of aliphatic hydroxyl groups excluding tert-OH is 2. The summed E-state index contributed by atoms with van der Waals surface area (Å²) in [4.78, 5) is 10.2. The van der Waals surface area contributed by atoms with Crippen molar-refractivity contribution < 1.29 is 34.1 Å². The van der Waals surface area contributed by atoms with Crippen LogP contribution < -0.4 is 9.47 Å². The Hall–Kier alpha value is -2.79. The quantitative estimate of drug-likeness (QED) is 0.425. The van der Waals surface area contributed by atoms with Crippen LogP contribution in [-0.2, 0) is 9.47 Å². The molecule has 0 amide bonds. The van der Waals surface area contributed by atoms with Crippen molar-refractivity contribution in [1.82, 2.24) is 0 Å². The molecule has 1 aliphatic rings. The molecule has 0 spiro atoms. The maximum Gasteiger partial charge on any atom is 0.358 e. The summed E-state index contributed by atoms with van der Waals surface area (Å²) in [5.74, 6) is 0.698. The predicted molar refractivity (Wildman–Crippen MR) is 105 cm³/mol. The average molecular weight is 421 g/mol. The lowest BCUT2D eigenvalue weighted by Gasteiger charge is -2.37. The molecule has 3 rings (SSSR count). The molecule has 4 atom stereocenters. The second-order valence-corrected chi connectivity index (χ2v) is 6.71. The summed E-state index contributed by atoms with van der Waals surface area (Å²) in [6.45, 7) is 1.74. The topological polar surface area (TPSA) is 121 Å². The Kier molecular flexibility index (Phi) is 6.60. The number of rotatable bonds is 5. The van der Waals surface area contributed by atoms with Crippen molar-refractivity contribution in [3.05, 3.63) is 64.2 Å². The van der Waals surface area contributed by atoms with Crippen molar-refractivity contribution in [1.29, 1.82) is 0 Å². The lowest BCUT2D eigenvalue weighted by Crippen LogP contribution is -2.56. The van der Waals surface area contributed by atoms with Gasteiger partial charge in [0.15, 0.2) is 6.10 Å². The monoisotopic (exact) mass is 421 g/mol. The van der Waals surface area contributed by atoms with Gasteiger partial charge in [-0.3, -0.25) is 10.1 Å². The molecule has 0 saturated carbocycles. The van der Waals surface area contributed by atoms with Crippen molar-refractivity contribution >= 4 is 23.1 Å². The average Bonchev–Trinajstić information content (AvgIpc) is 2.70. The lowest BCUT2D eigenvalue weighted by atomic mass is 10.1. The van der Waals surface area contributed by atoms with Gasteiger partial charge in [0.05, 0.1) is 11.5 Å². The van der Waals surface area contributed by atoms with E-state index in [1.54, 1.807) is 12.1 Å². The highest BCUT2D eigenvalue weighted by Gasteiger charge is 2.43. The van der Waals surface area contributed by atoms with Gasteiger partial charge in [-0.25, -0.2) is 0 Å². The fourth-order valence-corrected chi connectivity index (χ4v) is 2.82. The number of hydrogen-bond donors (Lipinski definition) is 2. The van der Waals surface area contributed by atoms with Crippen LogP contribution in [0.3, 0.4) is 0 Å². The molecular weight excluding hydrogens is 402 g/mol. The number of non-ortho nitro benzene ring substituents is 1. The van der Waals surface area contributed by atoms with Crippen LogP contribution in [0, 0.1) is 17.0 Å². The molecule has 0 aromatic heterocycles. The summed E-state index contributed by atoms with van der Waals surface area (Å²) in [6, 6.07) is 12.4. The minimum atomic E-state index is -1.36. The molecule has 10 heteroatoms. The van der Waals surface area contributed by atoms with Gasteiger partial charge in [0, 0.05) is 24.4 Å². The molecule has 1 heterocycles. The molecule has 29 heavy (non-hydrogen) atoms. The Bertz CT molecular complexity index is 858. The van der Waals surface area contributed by atoms with Crippen LogP contribution in [0.4, 0.5) is 5.69 Å². The summed E-state index contributed by atoms with van der Waals surface area (Å²) >= 11 is 5.08. The van der Waals surface area contributed by atoms with Crippen LogP contribution in [-0.4, -0.2) is 51.6 Å². The van der Waals surface area contributed by atoms with Crippen LogP contribution in [0.1, 0.15) is 5.56 Å². The second kappa shape index (κ2) is 9.14. The third kappa shape index (κ3) is 5.39. The predicted octanol–water partition coefficient (Wildman–Crippen LogP) is 2.11. The minimum Gasteiger partial charge on any atom is -0.461 e. The van der Waals surface area contributed by atoms with Gasteiger partial charge in [-0.15, -0.1) is 0 Å². The molecule has 0 aliphatic carbocycles. The Morgan fingerprint density at radius 2 is 1.76 bits per heavy atom. The van der Waals surface area contributed by atoms with E-state index in [-0.39, 0.29) is 23.3 Å². The van der Waals surface area contributed by atoms with E-state index in [0.717, 1.165) is 5.56 Å². The summed E-state index contributed by atoms with van der Waals surface area (Å²) in [5.41, 5.74) is 0.942. The van der Waals surface area contributed by atoms with Crippen molar-refractivity contribution in [2.24, 2.45) is 0 Å². The molecule has 0 unspecified atom stereocenters. The number of benzene rings is 2. The summed E-state index contributed by atoms with van der Waals surface area (Å²) in [7, 11) is 0. The lowest BCUT2D eigenvalue weighted by molar-refractivity contribution is -0.384. The molecule has 154 valence electrons. The number of nitro groups is 1. The number of nitrogens with zero attached hydrogens (tertiary/aromatic N) is 1. The first-order valence-electron chi connectivity index (χ1n) is 8.67. The zero-order chi connectivity index (χ0) is 21.0. The zero-order valence-corrected chi connectivity index (χ0v) is 16.2. The highest BCUT2D eigenvalue weighted by molar-refractivity contribution is 7.79. The molecule has 2 aromatic rings. The Balaban J connectivity index is 1.69. The first-order valence-corrected chi connectivity index (χ1v) is 9.08. The van der Waals surface area contributed by atoms with E-state index in [9.17, 15) is 20.3 Å². The smallest absolute Gasteiger partial charge is 0.358 e. The molecule has 9 nitrogen and oxygen atoms in total. The molecule has 1 fully saturated rings. The first kappa shape index (κ1) is 20.9. The van der Waals surface area contributed by atoms with Crippen LogP contribution in [0.25, 0.3) is 0 Å². The summed E-state index contributed by atoms with van der Waals surface area (Å²) < 4.78 is 22.0. The molecule has 2 aromatic carbocycles. The number of ether oxygens (including phenoxy) is 4. The second-order valence-electron chi connectivity index (χ2n) is 6.38. The number of nitro benzene ring substituents is 1. The van der Waals surface area contributed by atoms with Gasteiger partial charge in [0.2, 0.25) is 6.29 Å². The molecule has 2 N–H and O–H groups in total. The van der Waals surface area contributed by atoms with Crippen molar-refractivity contribution in [2.45, 2.75) is 31.5 Å². The van der Waals surface area contributed by atoms with Crippen LogP contribution in [0.15, 0.2) is 48.5 Å². The van der Waals surface area contributed by atoms with Gasteiger partial charge >= 0.3 is 5.24 Å². The fourth-order valence-electron chi connectivity index (χ4n) is 2.61. The van der Waals surface area contributed by atoms with E-state index in [1.165, 1.54) is 24.3 Å². The van der Waals surface area contributed by atoms with Gasteiger partial charge < -0.3 is 29.2 Å². The first-order chi connectivity index (χ1) is 13.8. The van der Waals surface area contributed by atoms with Crippen LogP contribution in [0.2, 0.25) is 0 Å². The van der Waals surface area contributed by atoms with Gasteiger partial charge in [-0.1, -0.05) is 17.7 Å². The van der Waals surface area contributed by atoms with E-state index in [0.29, 0.717) is 5.75 Å². The fraction of sp³-hybridized carbons (Fsp3) is 0.316. The third-order valence-corrected chi connectivity index (χ3v) is 4.36. The maximum atomic E-state index is 10.8. The Morgan fingerprint density at radius 1 is 1.14 bits per heavy atom. The zero-order valence-electron chi connectivity index (χ0n) is 15.3. The van der Waals surface area contributed by atoms with Gasteiger partial charge in [-0.05, 0) is 31.2 Å². The van der Waals surface area contributed by atoms with Gasteiger partial charge in [-0.2, -0.15) is 0 Å². The SMILES string of the molecule is Cc1ccc(OC(=S)O[C@H]2[C@@H](Oc3ccc([N+](=O)[O-])cc3)OC[C@@H](O)[C@@H]2O)cc1. The van der Waals surface area contributed by atoms with E-state index < -0.39 is 29.5 Å². The largest absolute Gasteiger partial charge is 0.461 e. The molecule has 1 saturated heterocycles. The Labute approximate surface area is 171 Å². The van der Waals surface area contributed by atoms with Gasteiger partial charge in [0.25, 0.3) is 5.69 Å². The van der Waals surface area contributed by atoms with Crippen LogP contribution >= 0.6 is 12.2 Å². The van der Waals surface area contributed by atoms with Crippen molar-refractivity contribution in [2.75, 3.05) is 6.61 Å². The molecule has 0 bridgehead atoms. The van der Waals surface area contributed by atoms with E-state index in [4.69, 9.17) is 31.2 Å². The van der Waals surface area contributed by atoms with Crippen LogP contribution in [0.5, 0.6) is 11.5 Å². The number of aryl methyl sites for hydroxylation is 1. The Morgan fingerprint density at radius 3 is 2.38 bits per heavy atom. The summed E-state index contributed by atoms with van der Waals surface area (Å²) in [5, 5.41) is 30.7. The van der Waals surface area contributed by atoms with E-state index in [2.05, 4.69) is 0 Å². The number of hydrogen-bond acceptors (Lipinski definition) is 9. The van der Waals surface area contributed by atoms with Crippen molar-refractivity contribution in [3.63, 3.8) is 0 Å². The standard InChI is InChI=1S/C19H19NO8S/c1-11-2-6-14(7-3-11)27-19(29)28-17-16(22)15(21)10-25-18(17)26-13-8-4-12(5-9-13)20(23)24/h2-9,15-18,21-22H,10H2,1H3/t15-,16+,17-,18-/m1/s1. The van der Waals surface area contributed by atoms with Gasteiger partial charge in [0.1, 0.15) is 23.7 Å². The molecule has 0 radical (unpaired) electrons. The highest BCUT2D eigenvalue weighted by atomic mass is 32.1. The normalized spacial score (nSPS) is 23.8. The number of aliphatic hydroxyl groups is 2. The molecule has 1 aliphatic heterocycles. The maximum absolute atomic E-state index is 10.8. The third-order valence-electron chi connectivity index (χ3n) is 4.18. The van der Waals surface area contributed by atoms with Crippen molar-refractivity contribution in [3.8, 4) is 11.5 Å². The molecular formula is C19H19NO8S. The highest BCUT2D eigenvalue weighted by Crippen LogP contribution is 2.25. The van der Waals surface area contributed by atoms with E-state index >= 15 is 0 Å².